The molecule has 1 aliphatic heterocycles. The highest BCUT2D eigenvalue weighted by Crippen LogP contribution is 2.25. The zero-order valence-electron chi connectivity index (χ0n) is 13.6. The summed E-state index contributed by atoms with van der Waals surface area (Å²) in [5.74, 6) is 1.49. The number of likely N-dealkylation sites (tertiary alicyclic amines) is 1. The fraction of sp³-hybridized carbons (Fsp3) is 0.750. The van der Waals surface area contributed by atoms with E-state index in [1.165, 1.54) is 6.42 Å². The molecule has 1 saturated heterocycles. The van der Waals surface area contributed by atoms with Crippen LogP contribution in [0.2, 0.25) is 0 Å². The van der Waals surface area contributed by atoms with Crippen molar-refractivity contribution in [1.29, 1.82) is 0 Å². The monoisotopic (exact) mass is 293 g/mol. The van der Waals surface area contributed by atoms with Gasteiger partial charge in [0.05, 0.1) is 0 Å². The Morgan fingerprint density at radius 2 is 2.10 bits per heavy atom. The van der Waals surface area contributed by atoms with Gasteiger partial charge in [0.25, 0.3) is 5.91 Å². The first-order valence-corrected chi connectivity index (χ1v) is 7.83. The smallest absolute Gasteiger partial charge is 0.276 e. The van der Waals surface area contributed by atoms with E-state index in [2.05, 4.69) is 31.2 Å². The number of carbonyl (C=O) groups excluding carboxylic acids is 1. The number of nitrogens with one attached hydrogen (secondary N) is 1. The standard InChI is InChI=1S/C16H27N3O2/c1-16(2,3)14-11-13(18-21-14)15(20)19-9-6-12(7-10-19)5-8-17-4/h11-12,17H,5-10H2,1-4H3. The SMILES string of the molecule is CNCCC1CCN(C(=O)c2cc(C(C)(C)C)on2)CC1. The molecule has 1 aliphatic rings. The fourth-order valence-corrected chi connectivity index (χ4v) is 2.66. The largest absolute Gasteiger partial charge is 0.360 e. The van der Waals surface area contributed by atoms with Gasteiger partial charge >= 0.3 is 0 Å². The van der Waals surface area contributed by atoms with Gasteiger partial charge in [0.15, 0.2) is 5.69 Å². The van der Waals surface area contributed by atoms with Gasteiger partial charge in [-0.05, 0) is 38.8 Å². The Balaban J connectivity index is 1.91. The maximum absolute atomic E-state index is 12.5. The average molecular weight is 293 g/mol. The van der Waals surface area contributed by atoms with Crippen LogP contribution in [0.15, 0.2) is 10.6 Å². The third kappa shape index (κ3) is 4.06. The Bertz CT molecular complexity index is 468. The van der Waals surface area contributed by atoms with Gasteiger partial charge in [0, 0.05) is 24.6 Å². The van der Waals surface area contributed by atoms with E-state index in [9.17, 15) is 4.79 Å². The van der Waals surface area contributed by atoms with Gasteiger partial charge in [-0.1, -0.05) is 25.9 Å². The zero-order valence-corrected chi connectivity index (χ0v) is 13.6. The van der Waals surface area contributed by atoms with Crippen molar-refractivity contribution in [2.24, 2.45) is 5.92 Å². The van der Waals surface area contributed by atoms with Crippen LogP contribution in [-0.4, -0.2) is 42.6 Å². The van der Waals surface area contributed by atoms with Gasteiger partial charge in [-0.2, -0.15) is 0 Å². The van der Waals surface area contributed by atoms with E-state index in [-0.39, 0.29) is 11.3 Å². The summed E-state index contributed by atoms with van der Waals surface area (Å²) in [6.45, 7) is 8.85. The summed E-state index contributed by atoms with van der Waals surface area (Å²) in [6, 6.07) is 1.79. The number of carbonyl (C=O) groups is 1. The van der Waals surface area contributed by atoms with Crippen LogP contribution in [0.25, 0.3) is 0 Å². The lowest BCUT2D eigenvalue weighted by atomic mass is 9.92. The average Bonchev–Trinajstić information content (AvgIpc) is 2.95. The van der Waals surface area contributed by atoms with E-state index in [1.54, 1.807) is 6.07 Å². The molecule has 21 heavy (non-hydrogen) atoms. The van der Waals surface area contributed by atoms with Gasteiger partial charge in [-0.25, -0.2) is 0 Å². The highest BCUT2D eigenvalue weighted by molar-refractivity contribution is 5.92. The van der Waals surface area contributed by atoms with Crippen molar-refractivity contribution in [2.75, 3.05) is 26.7 Å². The van der Waals surface area contributed by atoms with Crippen molar-refractivity contribution in [2.45, 2.75) is 45.4 Å². The third-order valence-electron chi connectivity index (χ3n) is 4.17. The molecule has 0 unspecified atom stereocenters. The number of amides is 1. The first-order valence-electron chi connectivity index (χ1n) is 7.83. The van der Waals surface area contributed by atoms with Crippen LogP contribution in [0.1, 0.15) is 56.3 Å². The molecule has 0 aliphatic carbocycles. The van der Waals surface area contributed by atoms with Crippen molar-refractivity contribution in [1.82, 2.24) is 15.4 Å². The summed E-state index contributed by atoms with van der Waals surface area (Å²) < 4.78 is 5.31. The maximum atomic E-state index is 12.5. The summed E-state index contributed by atoms with van der Waals surface area (Å²) in [4.78, 5) is 14.4. The minimum atomic E-state index is -0.119. The highest BCUT2D eigenvalue weighted by Gasteiger charge is 2.27. The second-order valence-corrected chi connectivity index (χ2v) is 6.95. The van der Waals surface area contributed by atoms with E-state index in [0.29, 0.717) is 5.69 Å². The van der Waals surface area contributed by atoms with E-state index in [1.807, 2.05) is 11.9 Å². The molecule has 0 saturated carbocycles. The molecular weight excluding hydrogens is 266 g/mol. The molecule has 2 heterocycles. The normalized spacial score (nSPS) is 17.2. The molecule has 118 valence electrons. The predicted molar refractivity (Wildman–Crippen MR) is 82.4 cm³/mol. The van der Waals surface area contributed by atoms with Crippen LogP contribution < -0.4 is 5.32 Å². The van der Waals surface area contributed by atoms with Crippen LogP contribution in [0.5, 0.6) is 0 Å². The van der Waals surface area contributed by atoms with E-state index >= 15 is 0 Å². The van der Waals surface area contributed by atoms with E-state index < -0.39 is 0 Å². The lowest BCUT2D eigenvalue weighted by Crippen LogP contribution is -2.39. The number of hydrogen-bond donors (Lipinski definition) is 1. The molecule has 5 nitrogen and oxygen atoms in total. The summed E-state index contributed by atoms with van der Waals surface area (Å²) in [7, 11) is 1.98. The van der Waals surface area contributed by atoms with E-state index in [0.717, 1.165) is 44.2 Å². The van der Waals surface area contributed by atoms with Crippen molar-refractivity contribution < 1.29 is 9.32 Å². The number of aromatic nitrogens is 1. The van der Waals surface area contributed by atoms with Gasteiger partial charge in [-0.15, -0.1) is 0 Å². The Labute approximate surface area is 127 Å². The second-order valence-electron chi connectivity index (χ2n) is 6.95. The summed E-state index contributed by atoms with van der Waals surface area (Å²) in [5, 5.41) is 7.14. The van der Waals surface area contributed by atoms with Crippen LogP contribution >= 0.6 is 0 Å². The van der Waals surface area contributed by atoms with Crippen LogP contribution in [0, 0.1) is 5.92 Å². The molecule has 1 fully saturated rings. The molecule has 1 amide bonds. The number of nitrogens with zero attached hydrogens (tertiary/aromatic N) is 2. The topological polar surface area (TPSA) is 58.4 Å². The van der Waals surface area contributed by atoms with Gasteiger partial charge in [-0.3, -0.25) is 4.79 Å². The van der Waals surface area contributed by atoms with E-state index in [4.69, 9.17) is 4.52 Å². The second kappa shape index (κ2) is 6.60. The zero-order chi connectivity index (χ0) is 15.5. The van der Waals surface area contributed by atoms with Gasteiger partial charge in [0.2, 0.25) is 0 Å². The van der Waals surface area contributed by atoms with Crippen molar-refractivity contribution in [3.63, 3.8) is 0 Å². The lowest BCUT2D eigenvalue weighted by Gasteiger charge is -2.31. The Kier molecular flexibility index (Phi) is 5.04. The number of hydrogen-bond acceptors (Lipinski definition) is 4. The molecule has 1 aromatic rings. The third-order valence-corrected chi connectivity index (χ3v) is 4.17. The molecule has 1 aromatic heterocycles. The minimum absolute atomic E-state index is 0.00122. The van der Waals surface area contributed by atoms with Crippen molar-refractivity contribution >= 4 is 5.91 Å². The predicted octanol–water partition coefficient (Wildman–Crippen LogP) is 2.43. The summed E-state index contributed by atoms with van der Waals surface area (Å²) >= 11 is 0. The highest BCUT2D eigenvalue weighted by atomic mass is 16.5. The van der Waals surface area contributed by atoms with Gasteiger partial charge < -0.3 is 14.7 Å². The molecule has 0 spiro atoms. The Hall–Kier alpha value is -1.36. The van der Waals surface area contributed by atoms with Crippen molar-refractivity contribution in [3.8, 4) is 0 Å². The summed E-state index contributed by atoms with van der Waals surface area (Å²) in [6.07, 6.45) is 3.35. The Morgan fingerprint density at radius 1 is 1.43 bits per heavy atom. The summed E-state index contributed by atoms with van der Waals surface area (Å²) in [5.41, 5.74) is 0.319. The Morgan fingerprint density at radius 3 is 2.62 bits per heavy atom. The molecule has 5 heteroatoms. The van der Waals surface area contributed by atoms with Crippen molar-refractivity contribution in [3.05, 3.63) is 17.5 Å². The molecule has 1 N–H and O–H groups in total. The number of piperidine rings is 1. The van der Waals surface area contributed by atoms with Crippen LogP contribution in [-0.2, 0) is 5.41 Å². The van der Waals surface area contributed by atoms with Crippen LogP contribution in [0.3, 0.4) is 0 Å². The molecule has 0 aromatic carbocycles. The first kappa shape index (κ1) is 16.0. The number of rotatable bonds is 4. The molecule has 2 rings (SSSR count). The minimum Gasteiger partial charge on any atom is -0.360 e. The molecule has 0 atom stereocenters. The van der Waals surface area contributed by atoms with Crippen LogP contribution in [0.4, 0.5) is 0 Å². The lowest BCUT2D eigenvalue weighted by molar-refractivity contribution is 0.0676. The van der Waals surface area contributed by atoms with Gasteiger partial charge in [0.1, 0.15) is 5.76 Å². The molecule has 0 bridgehead atoms. The maximum Gasteiger partial charge on any atom is 0.276 e. The molecular formula is C16H27N3O2. The molecule has 0 radical (unpaired) electrons. The quantitative estimate of drug-likeness (QED) is 0.926. The fourth-order valence-electron chi connectivity index (χ4n) is 2.66. The first-order chi connectivity index (χ1) is 9.91.